The SMILES string of the molecule is Cc1ccc(Nc2nc3cc(Oc4ccnc(CC(=O)CNC(C)C)c4)ccc3n2C)cc1. The predicted molar refractivity (Wildman–Crippen MR) is 131 cm³/mol. The molecule has 0 saturated heterocycles. The quantitative estimate of drug-likeness (QED) is 0.382. The number of aromatic nitrogens is 3. The van der Waals surface area contributed by atoms with Crippen LogP contribution in [0.15, 0.2) is 60.8 Å². The Labute approximate surface area is 193 Å². The van der Waals surface area contributed by atoms with Gasteiger partial charge in [0.05, 0.1) is 29.7 Å². The maximum atomic E-state index is 12.2. The zero-order valence-electron chi connectivity index (χ0n) is 19.4. The number of anilines is 2. The fourth-order valence-electron chi connectivity index (χ4n) is 3.46. The highest BCUT2D eigenvalue weighted by Crippen LogP contribution is 2.28. The Morgan fingerprint density at radius 1 is 1.06 bits per heavy atom. The third kappa shape index (κ3) is 5.75. The molecule has 0 bridgehead atoms. The molecule has 7 heteroatoms. The van der Waals surface area contributed by atoms with E-state index in [1.807, 2.05) is 55.8 Å². The van der Waals surface area contributed by atoms with E-state index >= 15 is 0 Å². The summed E-state index contributed by atoms with van der Waals surface area (Å²) in [7, 11) is 1.98. The van der Waals surface area contributed by atoms with Gasteiger partial charge in [0, 0.05) is 37.1 Å². The van der Waals surface area contributed by atoms with Crippen molar-refractivity contribution in [3.63, 3.8) is 0 Å². The average molecular weight is 444 g/mol. The van der Waals surface area contributed by atoms with Crippen LogP contribution in [0.3, 0.4) is 0 Å². The number of rotatable bonds is 9. The molecule has 0 fully saturated rings. The molecule has 170 valence electrons. The van der Waals surface area contributed by atoms with E-state index in [9.17, 15) is 4.79 Å². The van der Waals surface area contributed by atoms with E-state index in [4.69, 9.17) is 9.72 Å². The lowest BCUT2D eigenvalue weighted by Crippen LogP contribution is -2.30. The second-order valence-corrected chi connectivity index (χ2v) is 8.47. The maximum Gasteiger partial charge on any atom is 0.208 e. The molecule has 0 amide bonds. The van der Waals surface area contributed by atoms with Crippen molar-refractivity contribution in [3.05, 3.63) is 72.1 Å². The van der Waals surface area contributed by atoms with Crippen LogP contribution < -0.4 is 15.4 Å². The minimum atomic E-state index is 0.0943. The largest absolute Gasteiger partial charge is 0.457 e. The van der Waals surface area contributed by atoms with Crippen molar-refractivity contribution >= 4 is 28.5 Å². The molecule has 0 spiro atoms. The van der Waals surface area contributed by atoms with Gasteiger partial charge in [-0.15, -0.1) is 0 Å². The third-order valence-electron chi connectivity index (χ3n) is 5.27. The van der Waals surface area contributed by atoms with Gasteiger partial charge in [0.25, 0.3) is 0 Å². The molecule has 4 rings (SSSR count). The molecular formula is C26H29N5O2. The molecule has 4 aromatic rings. The number of ether oxygens (including phenoxy) is 1. The molecule has 0 aliphatic carbocycles. The third-order valence-corrected chi connectivity index (χ3v) is 5.27. The first kappa shape index (κ1) is 22.5. The summed E-state index contributed by atoms with van der Waals surface area (Å²) in [6, 6.07) is 17.9. The van der Waals surface area contributed by atoms with Gasteiger partial charge >= 0.3 is 0 Å². The number of benzene rings is 2. The van der Waals surface area contributed by atoms with Crippen molar-refractivity contribution in [1.29, 1.82) is 0 Å². The van der Waals surface area contributed by atoms with Gasteiger partial charge in [-0.3, -0.25) is 9.78 Å². The second-order valence-electron chi connectivity index (χ2n) is 8.47. The van der Waals surface area contributed by atoms with Gasteiger partial charge in [0.1, 0.15) is 11.5 Å². The van der Waals surface area contributed by atoms with Crippen LogP contribution in [0, 0.1) is 6.92 Å². The Balaban J connectivity index is 1.48. The molecule has 0 unspecified atom stereocenters. The Kier molecular flexibility index (Phi) is 6.70. The molecule has 0 saturated carbocycles. The van der Waals surface area contributed by atoms with Crippen LogP contribution in [0.1, 0.15) is 25.1 Å². The Hall–Kier alpha value is -3.71. The van der Waals surface area contributed by atoms with Crippen molar-refractivity contribution in [2.75, 3.05) is 11.9 Å². The zero-order chi connectivity index (χ0) is 23.4. The Morgan fingerprint density at radius 3 is 2.58 bits per heavy atom. The lowest BCUT2D eigenvalue weighted by Gasteiger charge is -2.09. The van der Waals surface area contributed by atoms with Crippen LogP contribution in [0.4, 0.5) is 11.6 Å². The summed E-state index contributed by atoms with van der Waals surface area (Å²) in [6.07, 6.45) is 1.93. The van der Waals surface area contributed by atoms with Gasteiger partial charge in [0.15, 0.2) is 5.78 Å². The van der Waals surface area contributed by atoms with Crippen molar-refractivity contribution in [2.24, 2.45) is 7.05 Å². The van der Waals surface area contributed by atoms with Gasteiger partial charge < -0.3 is 19.9 Å². The summed E-state index contributed by atoms with van der Waals surface area (Å²) >= 11 is 0. The number of carbonyl (C=O) groups is 1. The van der Waals surface area contributed by atoms with Gasteiger partial charge in [0.2, 0.25) is 5.95 Å². The fourth-order valence-corrected chi connectivity index (χ4v) is 3.46. The number of carbonyl (C=O) groups excluding carboxylic acids is 1. The summed E-state index contributed by atoms with van der Waals surface area (Å²) < 4.78 is 8.07. The first-order valence-electron chi connectivity index (χ1n) is 11.1. The Bertz CT molecular complexity index is 1260. The smallest absolute Gasteiger partial charge is 0.208 e. The molecule has 0 atom stereocenters. The van der Waals surface area contributed by atoms with Crippen LogP contribution in [0.5, 0.6) is 11.5 Å². The van der Waals surface area contributed by atoms with Crippen molar-refractivity contribution < 1.29 is 9.53 Å². The molecule has 7 nitrogen and oxygen atoms in total. The number of nitrogens with one attached hydrogen (secondary N) is 2. The van der Waals surface area contributed by atoms with E-state index in [2.05, 4.69) is 34.7 Å². The van der Waals surface area contributed by atoms with E-state index < -0.39 is 0 Å². The predicted octanol–water partition coefficient (Wildman–Crippen LogP) is 4.92. The molecule has 0 radical (unpaired) electrons. The molecule has 0 aliphatic heterocycles. The van der Waals surface area contributed by atoms with Gasteiger partial charge in [-0.2, -0.15) is 0 Å². The number of aryl methyl sites for hydroxylation is 2. The number of hydrogen-bond acceptors (Lipinski definition) is 6. The minimum Gasteiger partial charge on any atom is -0.457 e. The van der Waals surface area contributed by atoms with Crippen LogP contribution in [0.2, 0.25) is 0 Å². The molecule has 33 heavy (non-hydrogen) atoms. The number of fused-ring (bicyclic) bond motifs is 1. The van der Waals surface area contributed by atoms with E-state index in [1.165, 1.54) is 5.56 Å². The standard InChI is InChI=1S/C26H29N5O2/c1-17(2)28-16-21(32)13-20-14-23(11-12-27-20)33-22-9-10-25-24(15-22)30-26(31(25)4)29-19-7-5-18(3)6-8-19/h5-12,14-15,17,28H,13,16H2,1-4H3,(H,29,30). The maximum absolute atomic E-state index is 12.2. The van der Waals surface area contributed by atoms with Crippen LogP contribution in [-0.2, 0) is 18.3 Å². The average Bonchev–Trinajstić information content (AvgIpc) is 3.08. The molecule has 2 aromatic carbocycles. The van der Waals surface area contributed by atoms with Crippen molar-refractivity contribution in [1.82, 2.24) is 19.9 Å². The van der Waals surface area contributed by atoms with Gasteiger partial charge in [-0.05, 0) is 37.3 Å². The highest BCUT2D eigenvalue weighted by Gasteiger charge is 2.11. The number of Topliss-reactive ketones (excluding diaryl/α,β-unsaturated/α-hetero) is 1. The number of ketones is 1. The monoisotopic (exact) mass is 443 g/mol. The molecule has 2 heterocycles. The van der Waals surface area contributed by atoms with Gasteiger partial charge in [-0.1, -0.05) is 31.5 Å². The molecule has 2 N–H and O–H groups in total. The second kappa shape index (κ2) is 9.83. The summed E-state index contributed by atoms with van der Waals surface area (Å²) in [5.41, 5.74) is 4.71. The van der Waals surface area contributed by atoms with Gasteiger partial charge in [-0.25, -0.2) is 4.98 Å². The van der Waals surface area contributed by atoms with E-state index in [-0.39, 0.29) is 18.2 Å². The molecule has 2 aromatic heterocycles. The fraction of sp³-hybridized carbons (Fsp3) is 0.269. The lowest BCUT2D eigenvalue weighted by molar-refractivity contribution is -0.117. The van der Waals surface area contributed by atoms with Crippen molar-refractivity contribution in [3.8, 4) is 11.5 Å². The number of pyridine rings is 1. The first-order valence-corrected chi connectivity index (χ1v) is 11.1. The van der Waals surface area contributed by atoms with E-state index in [0.717, 1.165) is 22.7 Å². The summed E-state index contributed by atoms with van der Waals surface area (Å²) in [6.45, 7) is 6.42. The minimum absolute atomic E-state index is 0.0943. The summed E-state index contributed by atoms with van der Waals surface area (Å²) in [5, 5.41) is 6.50. The normalized spacial score (nSPS) is 11.2. The highest BCUT2D eigenvalue weighted by atomic mass is 16.5. The number of hydrogen-bond donors (Lipinski definition) is 2. The number of imidazole rings is 1. The zero-order valence-corrected chi connectivity index (χ0v) is 19.4. The van der Waals surface area contributed by atoms with Crippen LogP contribution in [0.25, 0.3) is 11.0 Å². The lowest BCUT2D eigenvalue weighted by atomic mass is 10.2. The highest BCUT2D eigenvalue weighted by molar-refractivity contribution is 5.82. The van der Waals surface area contributed by atoms with Crippen LogP contribution >= 0.6 is 0 Å². The van der Waals surface area contributed by atoms with E-state index in [0.29, 0.717) is 23.7 Å². The Morgan fingerprint density at radius 2 is 1.82 bits per heavy atom. The molecule has 0 aliphatic rings. The number of nitrogens with zero attached hydrogens (tertiary/aromatic N) is 3. The van der Waals surface area contributed by atoms with E-state index in [1.54, 1.807) is 18.3 Å². The van der Waals surface area contributed by atoms with Crippen molar-refractivity contribution in [2.45, 2.75) is 33.2 Å². The molecular weight excluding hydrogens is 414 g/mol. The first-order chi connectivity index (χ1) is 15.9. The topological polar surface area (TPSA) is 81.1 Å². The van der Waals surface area contributed by atoms with Crippen LogP contribution in [-0.4, -0.2) is 32.9 Å². The summed E-state index contributed by atoms with van der Waals surface area (Å²) in [5.74, 6) is 2.16. The summed E-state index contributed by atoms with van der Waals surface area (Å²) in [4.78, 5) is 21.2.